The first kappa shape index (κ1) is 14.1. The quantitative estimate of drug-likeness (QED) is 0.713. The largest absolute Gasteiger partial charge is 0.506 e. The van der Waals surface area contributed by atoms with Crippen LogP contribution in [0.4, 0.5) is 10.5 Å². The molecule has 1 aromatic carbocycles. The number of aryl methyl sites for hydroxylation is 1. The molecule has 0 fully saturated rings. The van der Waals surface area contributed by atoms with Crippen molar-refractivity contribution in [2.75, 3.05) is 11.3 Å². The maximum Gasteiger partial charge on any atom is 0.422 e. The van der Waals surface area contributed by atoms with Crippen molar-refractivity contribution >= 4 is 22.0 Å². The van der Waals surface area contributed by atoms with Gasteiger partial charge < -0.3 is 9.84 Å². The summed E-state index contributed by atoms with van der Waals surface area (Å²) in [7, 11) is -4.13. The summed E-state index contributed by atoms with van der Waals surface area (Å²) in [4.78, 5) is 11.0. The fourth-order valence-corrected chi connectivity index (χ4v) is 1.96. The van der Waals surface area contributed by atoms with E-state index in [0.29, 0.717) is 0 Å². The average Bonchev–Trinajstić information content (AvgIpc) is 2.21. The first-order valence-corrected chi connectivity index (χ1v) is 6.59. The van der Waals surface area contributed by atoms with Crippen LogP contribution in [-0.4, -0.2) is 26.2 Å². The molecule has 0 aromatic heterocycles. The molecule has 8 heteroatoms. The number of anilines is 1. The Morgan fingerprint density at radius 2 is 2.11 bits per heavy atom. The maximum absolute atomic E-state index is 11.5. The number of benzene rings is 1. The van der Waals surface area contributed by atoms with E-state index in [0.717, 1.165) is 5.56 Å². The molecule has 0 aliphatic heterocycles. The standard InChI is InChI=1S/C10H14N2O5S/c1-3-17-10(14)12-18(15,16)11-8-5-4-7(2)6-9(8)13/h4-6,11,13H,3H2,1-2H3,(H,12,14). The first-order chi connectivity index (χ1) is 8.34. The van der Waals surface area contributed by atoms with Gasteiger partial charge in [-0.3, -0.25) is 4.72 Å². The summed E-state index contributed by atoms with van der Waals surface area (Å²) in [6.07, 6.45) is -1.09. The van der Waals surface area contributed by atoms with Gasteiger partial charge in [-0.25, -0.2) is 9.52 Å². The molecule has 1 amide bonds. The molecule has 0 aliphatic carbocycles. The summed E-state index contributed by atoms with van der Waals surface area (Å²) in [5.74, 6) is -0.232. The zero-order chi connectivity index (χ0) is 13.8. The predicted octanol–water partition coefficient (Wildman–Crippen LogP) is 1.10. The number of carbonyl (C=O) groups is 1. The van der Waals surface area contributed by atoms with Gasteiger partial charge in [-0.05, 0) is 31.5 Å². The summed E-state index contributed by atoms with van der Waals surface area (Å²) in [5.41, 5.74) is 0.742. The Morgan fingerprint density at radius 3 is 2.67 bits per heavy atom. The summed E-state index contributed by atoms with van der Waals surface area (Å²) in [6.45, 7) is 3.34. The minimum atomic E-state index is -4.13. The molecule has 0 heterocycles. The number of hydrogen-bond donors (Lipinski definition) is 3. The third-order valence-corrected chi connectivity index (χ3v) is 2.81. The van der Waals surface area contributed by atoms with Gasteiger partial charge >= 0.3 is 16.3 Å². The molecule has 0 saturated carbocycles. The Bertz CT molecular complexity index is 541. The highest BCUT2D eigenvalue weighted by atomic mass is 32.2. The van der Waals surface area contributed by atoms with Crippen LogP contribution in [0, 0.1) is 6.92 Å². The number of phenols is 1. The second-order valence-corrected chi connectivity index (χ2v) is 4.86. The van der Waals surface area contributed by atoms with Crippen molar-refractivity contribution in [1.82, 2.24) is 4.72 Å². The van der Waals surface area contributed by atoms with Crippen LogP contribution in [0.15, 0.2) is 18.2 Å². The number of amides is 1. The Labute approximate surface area is 105 Å². The number of rotatable bonds is 4. The smallest absolute Gasteiger partial charge is 0.422 e. The monoisotopic (exact) mass is 274 g/mol. The molecule has 0 atom stereocenters. The normalized spacial score (nSPS) is 10.8. The van der Waals surface area contributed by atoms with Crippen molar-refractivity contribution in [2.45, 2.75) is 13.8 Å². The van der Waals surface area contributed by atoms with Crippen LogP contribution in [0.5, 0.6) is 5.75 Å². The second-order valence-electron chi connectivity index (χ2n) is 3.45. The van der Waals surface area contributed by atoms with Gasteiger partial charge in [-0.1, -0.05) is 6.07 Å². The number of nitrogens with one attached hydrogen (secondary N) is 2. The molecule has 100 valence electrons. The number of hydrogen-bond acceptors (Lipinski definition) is 5. The molecule has 0 bridgehead atoms. The Morgan fingerprint density at radius 1 is 1.44 bits per heavy atom. The second kappa shape index (κ2) is 5.58. The molecule has 18 heavy (non-hydrogen) atoms. The van der Waals surface area contributed by atoms with E-state index in [1.807, 2.05) is 4.72 Å². The van der Waals surface area contributed by atoms with E-state index in [2.05, 4.69) is 4.74 Å². The first-order valence-electron chi connectivity index (χ1n) is 5.11. The maximum atomic E-state index is 11.5. The summed E-state index contributed by atoms with van der Waals surface area (Å²) < 4.78 is 31.1. The van der Waals surface area contributed by atoms with Gasteiger partial charge in [0, 0.05) is 0 Å². The van der Waals surface area contributed by atoms with Crippen LogP contribution in [0.25, 0.3) is 0 Å². The molecule has 0 unspecified atom stereocenters. The van der Waals surface area contributed by atoms with Crippen molar-refractivity contribution in [2.24, 2.45) is 0 Å². The molecule has 0 aliphatic rings. The average molecular weight is 274 g/mol. The van der Waals surface area contributed by atoms with Crippen LogP contribution in [0.3, 0.4) is 0 Å². The van der Waals surface area contributed by atoms with Gasteiger partial charge in [-0.15, -0.1) is 0 Å². The lowest BCUT2D eigenvalue weighted by Crippen LogP contribution is -2.35. The topological polar surface area (TPSA) is 105 Å². The molecule has 1 rings (SSSR count). The minimum Gasteiger partial charge on any atom is -0.506 e. The van der Waals surface area contributed by atoms with Gasteiger partial charge in [0.25, 0.3) is 0 Å². The Balaban J connectivity index is 2.79. The molecule has 3 N–H and O–H groups in total. The molecular weight excluding hydrogens is 260 g/mol. The van der Waals surface area contributed by atoms with E-state index in [1.54, 1.807) is 24.6 Å². The third-order valence-electron chi connectivity index (χ3n) is 1.89. The van der Waals surface area contributed by atoms with Gasteiger partial charge in [0.2, 0.25) is 0 Å². The van der Waals surface area contributed by atoms with E-state index in [9.17, 15) is 18.3 Å². The minimum absolute atomic E-state index is 0.0302. The summed E-state index contributed by atoms with van der Waals surface area (Å²) in [5, 5.41) is 9.52. The fourth-order valence-electron chi connectivity index (χ4n) is 1.17. The van der Waals surface area contributed by atoms with Crippen LogP contribution in [0.2, 0.25) is 0 Å². The molecule has 0 saturated heterocycles. The molecule has 0 radical (unpaired) electrons. The van der Waals surface area contributed by atoms with Crippen molar-refractivity contribution in [1.29, 1.82) is 0 Å². The SMILES string of the molecule is CCOC(=O)NS(=O)(=O)Nc1ccc(C)cc1O. The van der Waals surface area contributed by atoms with Gasteiger partial charge in [-0.2, -0.15) is 8.42 Å². The Kier molecular flexibility index (Phi) is 4.38. The lowest BCUT2D eigenvalue weighted by molar-refractivity contribution is 0.159. The van der Waals surface area contributed by atoms with Crippen molar-refractivity contribution in [3.05, 3.63) is 23.8 Å². The predicted molar refractivity (Wildman–Crippen MR) is 65.5 cm³/mol. The van der Waals surface area contributed by atoms with E-state index in [1.165, 1.54) is 12.1 Å². The molecule has 0 spiro atoms. The van der Waals surface area contributed by atoms with Crippen LogP contribution >= 0.6 is 0 Å². The highest BCUT2D eigenvalue weighted by Crippen LogP contribution is 2.24. The fraction of sp³-hybridized carbons (Fsp3) is 0.300. The number of aromatic hydroxyl groups is 1. The van der Waals surface area contributed by atoms with E-state index in [4.69, 9.17) is 0 Å². The van der Waals surface area contributed by atoms with E-state index in [-0.39, 0.29) is 18.0 Å². The van der Waals surface area contributed by atoms with Gasteiger partial charge in [0.15, 0.2) is 0 Å². The van der Waals surface area contributed by atoms with Crippen LogP contribution in [0.1, 0.15) is 12.5 Å². The van der Waals surface area contributed by atoms with E-state index < -0.39 is 16.3 Å². The molecular formula is C10H14N2O5S. The van der Waals surface area contributed by atoms with Gasteiger partial charge in [0.05, 0.1) is 12.3 Å². The lowest BCUT2D eigenvalue weighted by Gasteiger charge is -2.10. The summed E-state index contributed by atoms with van der Waals surface area (Å²) >= 11 is 0. The van der Waals surface area contributed by atoms with Crippen molar-refractivity contribution in [3.8, 4) is 5.75 Å². The zero-order valence-electron chi connectivity index (χ0n) is 9.93. The van der Waals surface area contributed by atoms with Crippen molar-refractivity contribution < 1.29 is 23.1 Å². The van der Waals surface area contributed by atoms with E-state index >= 15 is 0 Å². The Hall–Kier alpha value is -1.96. The highest BCUT2D eigenvalue weighted by molar-refractivity contribution is 7.91. The third kappa shape index (κ3) is 4.13. The number of carbonyl (C=O) groups excluding carboxylic acids is 1. The number of ether oxygens (including phenoxy) is 1. The molecule has 1 aromatic rings. The number of phenolic OH excluding ortho intramolecular Hbond substituents is 1. The highest BCUT2D eigenvalue weighted by Gasteiger charge is 2.16. The van der Waals surface area contributed by atoms with Gasteiger partial charge in [0.1, 0.15) is 5.75 Å². The zero-order valence-corrected chi connectivity index (χ0v) is 10.7. The lowest BCUT2D eigenvalue weighted by atomic mass is 10.2. The van der Waals surface area contributed by atoms with Crippen molar-refractivity contribution in [3.63, 3.8) is 0 Å². The summed E-state index contributed by atoms with van der Waals surface area (Å²) in [6, 6.07) is 4.39. The van der Waals surface area contributed by atoms with Crippen LogP contribution < -0.4 is 9.44 Å². The molecule has 7 nitrogen and oxygen atoms in total. The van der Waals surface area contributed by atoms with Crippen LogP contribution in [-0.2, 0) is 14.9 Å².